The largest absolute Gasteiger partial charge is 0.347 e. The van der Waals surface area contributed by atoms with E-state index in [9.17, 15) is 17.6 Å². The molecule has 8 heteroatoms. The van der Waals surface area contributed by atoms with Crippen molar-refractivity contribution in [1.29, 1.82) is 0 Å². The Balaban J connectivity index is 1.42. The van der Waals surface area contributed by atoms with E-state index in [1.165, 1.54) is 12.1 Å². The smallest absolute Gasteiger partial charge is 0.189 e. The Kier molecular flexibility index (Phi) is 4.90. The Morgan fingerprint density at radius 2 is 0.889 bits per heavy atom. The molecule has 2 fully saturated rings. The quantitative estimate of drug-likeness (QED) is 0.733. The first-order chi connectivity index (χ1) is 13.0. The van der Waals surface area contributed by atoms with Gasteiger partial charge in [-0.05, 0) is 24.3 Å². The zero-order valence-electron chi connectivity index (χ0n) is 14.1. The first kappa shape index (κ1) is 18.4. The van der Waals surface area contributed by atoms with Gasteiger partial charge in [-0.2, -0.15) is 0 Å². The third-order valence-electron chi connectivity index (χ3n) is 4.63. The monoisotopic (exact) mass is 384 g/mol. The molecule has 4 nitrogen and oxygen atoms in total. The van der Waals surface area contributed by atoms with Gasteiger partial charge in [-0.25, -0.2) is 17.6 Å². The Morgan fingerprint density at radius 3 is 1.19 bits per heavy atom. The molecule has 0 amide bonds. The average Bonchev–Trinajstić information content (AvgIpc) is 2.65. The van der Waals surface area contributed by atoms with Crippen molar-refractivity contribution in [2.45, 2.75) is 12.6 Å². The van der Waals surface area contributed by atoms with Crippen molar-refractivity contribution in [2.75, 3.05) is 26.4 Å². The molecule has 27 heavy (non-hydrogen) atoms. The van der Waals surface area contributed by atoms with E-state index in [1.807, 2.05) is 0 Å². The average molecular weight is 384 g/mol. The predicted octanol–water partition coefficient (Wildman–Crippen LogP) is 4.02. The van der Waals surface area contributed by atoms with Crippen molar-refractivity contribution in [3.8, 4) is 0 Å². The van der Waals surface area contributed by atoms with Crippen LogP contribution in [0.2, 0.25) is 0 Å². The summed E-state index contributed by atoms with van der Waals surface area (Å²) in [7, 11) is 0. The molecule has 2 aliphatic rings. The summed E-state index contributed by atoms with van der Waals surface area (Å²) in [6.07, 6.45) is -2.36. The van der Waals surface area contributed by atoms with Gasteiger partial charge < -0.3 is 18.9 Å². The van der Waals surface area contributed by atoms with Crippen LogP contribution >= 0.6 is 0 Å². The molecule has 0 bridgehead atoms. The Bertz CT molecular complexity index is 715. The van der Waals surface area contributed by atoms with Gasteiger partial charge in [0.25, 0.3) is 0 Å². The standard InChI is InChI=1S/C19H16F4O4/c20-11-3-1-4-12(21)15(11)17-24-7-19(8-25-17)9-26-18(27-10-19)16-13(22)5-2-6-14(16)23/h1-6,17-18H,7-10H2. The van der Waals surface area contributed by atoms with Gasteiger partial charge >= 0.3 is 0 Å². The van der Waals surface area contributed by atoms with Crippen LogP contribution in [0.3, 0.4) is 0 Å². The molecule has 0 aromatic heterocycles. The molecule has 0 saturated carbocycles. The van der Waals surface area contributed by atoms with Gasteiger partial charge in [0.15, 0.2) is 12.6 Å². The maximum atomic E-state index is 13.9. The summed E-state index contributed by atoms with van der Waals surface area (Å²) in [6.45, 7) is 0.214. The number of halogens is 4. The van der Waals surface area contributed by atoms with Gasteiger partial charge in [0, 0.05) is 0 Å². The minimum atomic E-state index is -1.18. The van der Waals surface area contributed by atoms with E-state index < -0.39 is 41.3 Å². The lowest BCUT2D eigenvalue weighted by Gasteiger charge is -2.43. The number of rotatable bonds is 2. The summed E-state index contributed by atoms with van der Waals surface area (Å²) in [5.41, 5.74) is -1.32. The maximum absolute atomic E-state index is 13.9. The van der Waals surface area contributed by atoms with Crippen molar-refractivity contribution < 1.29 is 36.5 Å². The predicted molar refractivity (Wildman–Crippen MR) is 84.4 cm³/mol. The summed E-state index contributed by atoms with van der Waals surface area (Å²) in [6, 6.07) is 6.99. The van der Waals surface area contributed by atoms with Gasteiger partial charge in [0.05, 0.1) is 43.0 Å². The van der Waals surface area contributed by atoms with Gasteiger partial charge in [0.2, 0.25) is 0 Å². The fraction of sp³-hybridized carbons (Fsp3) is 0.368. The number of ether oxygens (including phenoxy) is 4. The second-order valence-corrected chi connectivity index (χ2v) is 6.68. The minimum Gasteiger partial charge on any atom is -0.347 e. The lowest BCUT2D eigenvalue weighted by Crippen LogP contribution is -2.49. The zero-order valence-corrected chi connectivity index (χ0v) is 14.1. The van der Waals surface area contributed by atoms with Crippen LogP contribution < -0.4 is 0 Å². The van der Waals surface area contributed by atoms with E-state index in [2.05, 4.69) is 0 Å². The van der Waals surface area contributed by atoms with Crippen LogP contribution in [0.5, 0.6) is 0 Å². The third kappa shape index (κ3) is 3.45. The summed E-state index contributed by atoms with van der Waals surface area (Å²) in [4.78, 5) is 0. The van der Waals surface area contributed by atoms with Gasteiger partial charge in [-0.15, -0.1) is 0 Å². The fourth-order valence-corrected chi connectivity index (χ4v) is 3.16. The van der Waals surface area contributed by atoms with Gasteiger partial charge in [-0.1, -0.05) is 12.1 Å². The number of hydrogen-bond acceptors (Lipinski definition) is 4. The highest BCUT2D eigenvalue weighted by atomic mass is 19.1. The van der Waals surface area contributed by atoms with Crippen LogP contribution in [-0.2, 0) is 18.9 Å². The lowest BCUT2D eigenvalue weighted by molar-refractivity contribution is -0.309. The molecular weight excluding hydrogens is 368 g/mol. The Hall–Kier alpha value is -2.00. The highest BCUT2D eigenvalue weighted by Gasteiger charge is 2.44. The topological polar surface area (TPSA) is 36.9 Å². The number of benzene rings is 2. The van der Waals surface area contributed by atoms with Gasteiger partial charge in [0.1, 0.15) is 23.3 Å². The summed E-state index contributed by atoms with van der Waals surface area (Å²) < 4.78 is 77.4. The number of hydrogen-bond donors (Lipinski definition) is 0. The third-order valence-corrected chi connectivity index (χ3v) is 4.63. The van der Waals surface area contributed by atoms with Crippen LogP contribution in [0.1, 0.15) is 23.7 Å². The first-order valence-electron chi connectivity index (χ1n) is 8.33. The van der Waals surface area contributed by atoms with E-state index in [0.717, 1.165) is 24.3 Å². The second kappa shape index (κ2) is 7.20. The molecule has 2 aromatic carbocycles. The molecule has 0 N–H and O–H groups in total. The van der Waals surface area contributed by atoms with Crippen molar-refractivity contribution >= 4 is 0 Å². The lowest BCUT2D eigenvalue weighted by atomic mass is 9.90. The van der Waals surface area contributed by atoms with E-state index in [1.54, 1.807) is 0 Å². The first-order valence-corrected chi connectivity index (χ1v) is 8.33. The molecule has 0 atom stereocenters. The SMILES string of the molecule is Fc1cccc(F)c1C1OCC2(CO1)COC(c1c(F)cccc1F)OC2. The van der Waals surface area contributed by atoms with Crippen LogP contribution in [0.15, 0.2) is 36.4 Å². The van der Waals surface area contributed by atoms with Crippen LogP contribution in [0.4, 0.5) is 17.6 Å². The zero-order chi connectivity index (χ0) is 19.0. The second-order valence-electron chi connectivity index (χ2n) is 6.68. The minimum absolute atomic E-state index is 0.0535. The molecule has 1 spiro atoms. The molecule has 2 aromatic rings. The molecule has 2 saturated heterocycles. The van der Waals surface area contributed by atoms with E-state index >= 15 is 0 Å². The molecule has 0 aliphatic carbocycles. The van der Waals surface area contributed by atoms with E-state index in [-0.39, 0.29) is 37.6 Å². The van der Waals surface area contributed by atoms with Crippen molar-refractivity contribution in [2.24, 2.45) is 5.41 Å². The Morgan fingerprint density at radius 1 is 0.593 bits per heavy atom. The van der Waals surface area contributed by atoms with Crippen molar-refractivity contribution in [1.82, 2.24) is 0 Å². The summed E-state index contributed by atoms with van der Waals surface area (Å²) in [5.74, 6) is -3.05. The maximum Gasteiger partial charge on any atom is 0.189 e. The van der Waals surface area contributed by atoms with Crippen LogP contribution in [0, 0.1) is 28.7 Å². The molecule has 144 valence electrons. The highest BCUT2D eigenvalue weighted by Crippen LogP contribution is 2.39. The molecule has 2 aliphatic heterocycles. The van der Waals surface area contributed by atoms with Crippen LogP contribution in [-0.4, -0.2) is 26.4 Å². The summed E-state index contributed by atoms with van der Waals surface area (Å²) in [5, 5.41) is 0. The molecule has 2 heterocycles. The van der Waals surface area contributed by atoms with Crippen molar-refractivity contribution in [3.63, 3.8) is 0 Å². The highest BCUT2D eigenvalue weighted by molar-refractivity contribution is 5.22. The molecular formula is C19H16F4O4. The van der Waals surface area contributed by atoms with Crippen LogP contribution in [0.25, 0.3) is 0 Å². The van der Waals surface area contributed by atoms with Gasteiger partial charge in [-0.3, -0.25) is 0 Å². The van der Waals surface area contributed by atoms with Crippen molar-refractivity contribution in [3.05, 3.63) is 70.8 Å². The molecule has 0 radical (unpaired) electrons. The van der Waals surface area contributed by atoms with E-state index in [4.69, 9.17) is 18.9 Å². The normalized spacial score (nSPS) is 28.4. The fourth-order valence-electron chi connectivity index (χ4n) is 3.16. The Labute approximate surface area is 152 Å². The van der Waals surface area contributed by atoms with E-state index in [0.29, 0.717) is 0 Å². The molecule has 4 rings (SSSR count). The molecule has 0 unspecified atom stereocenters. The summed E-state index contributed by atoms with van der Waals surface area (Å²) >= 11 is 0.